The zero-order valence-electron chi connectivity index (χ0n) is 10.6. The van der Waals surface area contributed by atoms with Gasteiger partial charge in [-0.3, -0.25) is 14.9 Å². The summed E-state index contributed by atoms with van der Waals surface area (Å²) in [5, 5.41) is 17.1. The Morgan fingerprint density at radius 3 is 2.85 bits per heavy atom. The molecule has 0 saturated carbocycles. The predicted octanol–water partition coefficient (Wildman–Crippen LogP) is 1.40. The molecule has 0 aliphatic heterocycles. The lowest BCUT2D eigenvalue weighted by Crippen LogP contribution is -2.23. The van der Waals surface area contributed by atoms with E-state index in [0.717, 1.165) is 6.07 Å². The highest BCUT2D eigenvalue weighted by Gasteiger charge is 2.15. The molecule has 1 amide bonds. The van der Waals surface area contributed by atoms with Gasteiger partial charge in [0.25, 0.3) is 11.6 Å². The lowest BCUT2D eigenvalue weighted by Gasteiger charge is -2.04. The average molecular weight is 276 g/mol. The van der Waals surface area contributed by atoms with E-state index in [4.69, 9.17) is 10.3 Å². The Hall–Kier alpha value is -2.90. The van der Waals surface area contributed by atoms with Crippen molar-refractivity contribution in [3.63, 3.8) is 0 Å². The molecule has 20 heavy (non-hydrogen) atoms. The lowest BCUT2D eigenvalue weighted by atomic mass is 10.1. The molecular formula is C12H12N4O4. The van der Waals surface area contributed by atoms with E-state index >= 15 is 0 Å². The molecule has 0 radical (unpaired) electrons. The number of nitrogens with one attached hydrogen (secondary N) is 1. The highest BCUT2D eigenvalue weighted by atomic mass is 16.6. The molecule has 8 nitrogen and oxygen atoms in total. The summed E-state index contributed by atoms with van der Waals surface area (Å²) in [6.07, 6.45) is 0. The smallest absolute Gasteiger partial charge is 0.292 e. The van der Waals surface area contributed by atoms with Gasteiger partial charge in [0, 0.05) is 17.7 Å². The number of nitrogens with zero attached hydrogens (tertiary/aromatic N) is 2. The summed E-state index contributed by atoms with van der Waals surface area (Å²) >= 11 is 0. The van der Waals surface area contributed by atoms with Crippen LogP contribution in [0.4, 0.5) is 11.4 Å². The average Bonchev–Trinajstić information content (AvgIpc) is 2.82. The molecule has 2 aromatic rings. The summed E-state index contributed by atoms with van der Waals surface area (Å²) in [4.78, 5) is 22.0. The second-order valence-corrected chi connectivity index (χ2v) is 4.14. The Morgan fingerprint density at radius 1 is 1.50 bits per heavy atom. The Kier molecular flexibility index (Phi) is 3.65. The first-order valence-corrected chi connectivity index (χ1v) is 5.71. The van der Waals surface area contributed by atoms with E-state index in [1.54, 1.807) is 13.0 Å². The van der Waals surface area contributed by atoms with Crippen LogP contribution in [0, 0.1) is 17.0 Å². The number of nitro benzene ring substituents is 1. The standard InChI is InChI=1S/C12H12N4O4/c1-7-4-9(15-20-7)6-14-12(17)8-2-3-10(13)11(5-8)16(18)19/h2-5H,6,13H2,1H3,(H,14,17). The molecule has 2 rings (SSSR count). The Labute approximate surface area is 113 Å². The van der Waals surface area contributed by atoms with Gasteiger partial charge in [-0.25, -0.2) is 0 Å². The first kappa shape index (κ1) is 13.5. The van der Waals surface area contributed by atoms with Gasteiger partial charge < -0.3 is 15.6 Å². The van der Waals surface area contributed by atoms with Crippen molar-refractivity contribution in [2.24, 2.45) is 0 Å². The zero-order valence-corrected chi connectivity index (χ0v) is 10.6. The van der Waals surface area contributed by atoms with Crippen molar-refractivity contribution < 1.29 is 14.2 Å². The van der Waals surface area contributed by atoms with E-state index in [1.165, 1.54) is 12.1 Å². The normalized spacial score (nSPS) is 10.2. The number of carbonyl (C=O) groups is 1. The van der Waals surface area contributed by atoms with Crippen LogP contribution < -0.4 is 11.1 Å². The summed E-state index contributed by atoms with van der Waals surface area (Å²) in [5.74, 6) is 0.186. The molecule has 1 aromatic heterocycles. The van der Waals surface area contributed by atoms with Crippen molar-refractivity contribution in [1.82, 2.24) is 10.5 Å². The molecule has 0 aliphatic carbocycles. The molecule has 0 spiro atoms. The molecule has 1 aromatic carbocycles. The van der Waals surface area contributed by atoms with Crippen LogP contribution in [0.3, 0.4) is 0 Å². The van der Waals surface area contributed by atoms with E-state index in [9.17, 15) is 14.9 Å². The van der Waals surface area contributed by atoms with Crippen LogP contribution >= 0.6 is 0 Å². The van der Waals surface area contributed by atoms with E-state index in [2.05, 4.69) is 10.5 Å². The highest BCUT2D eigenvalue weighted by Crippen LogP contribution is 2.22. The van der Waals surface area contributed by atoms with Crippen molar-refractivity contribution in [3.8, 4) is 0 Å². The van der Waals surface area contributed by atoms with Gasteiger partial charge in [0.2, 0.25) is 0 Å². The molecule has 0 aliphatic rings. The fraction of sp³-hybridized carbons (Fsp3) is 0.167. The van der Waals surface area contributed by atoms with Gasteiger partial charge in [-0.05, 0) is 19.1 Å². The van der Waals surface area contributed by atoms with Gasteiger partial charge >= 0.3 is 0 Å². The van der Waals surface area contributed by atoms with Crippen molar-refractivity contribution >= 4 is 17.3 Å². The molecule has 0 fully saturated rings. The van der Waals surface area contributed by atoms with Gasteiger partial charge in [0.15, 0.2) is 0 Å². The van der Waals surface area contributed by atoms with Crippen molar-refractivity contribution in [2.75, 3.05) is 5.73 Å². The zero-order chi connectivity index (χ0) is 14.7. The van der Waals surface area contributed by atoms with Crippen LogP contribution in [0.1, 0.15) is 21.8 Å². The molecule has 3 N–H and O–H groups in total. The first-order chi connectivity index (χ1) is 9.47. The topological polar surface area (TPSA) is 124 Å². The minimum Gasteiger partial charge on any atom is -0.393 e. The van der Waals surface area contributed by atoms with E-state index in [1.807, 2.05) is 0 Å². The molecule has 0 atom stereocenters. The molecule has 104 valence electrons. The number of nitrogens with two attached hydrogens (primary N) is 1. The van der Waals surface area contributed by atoms with E-state index < -0.39 is 10.8 Å². The lowest BCUT2D eigenvalue weighted by molar-refractivity contribution is -0.383. The molecular weight excluding hydrogens is 264 g/mol. The van der Waals surface area contributed by atoms with Crippen LogP contribution in [-0.2, 0) is 6.54 Å². The van der Waals surface area contributed by atoms with Gasteiger partial charge in [0.05, 0.1) is 11.5 Å². The number of nitrogen functional groups attached to an aromatic ring is 1. The predicted molar refractivity (Wildman–Crippen MR) is 69.9 cm³/mol. The number of nitro groups is 1. The summed E-state index contributed by atoms with van der Waals surface area (Å²) in [6.45, 7) is 1.91. The number of aryl methyl sites for hydroxylation is 1. The maximum atomic E-state index is 11.9. The third-order valence-electron chi connectivity index (χ3n) is 2.60. The van der Waals surface area contributed by atoms with Crippen molar-refractivity contribution in [1.29, 1.82) is 0 Å². The van der Waals surface area contributed by atoms with Gasteiger partial charge in [0.1, 0.15) is 17.1 Å². The monoisotopic (exact) mass is 276 g/mol. The Bertz CT molecular complexity index is 665. The maximum absolute atomic E-state index is 11.9. The molecule has 8 heteroatoms. The Morgan fingerprint density at radius 2 is 2.25 bits per heavy atom. The number of carbonyl (C=O) groups excluding carboxylic acids is 1. The van der Waals surface area contributed by atoms with Gasteiger partial charge in [-0.2, -0.15) is 0 Å². The second-order valence-electron chi connectivity index (χ2n) is 4.14. The highest BCUT2D eigenvalue weighted by molar-refractivity contribution is 5.95. The number of rotatable bonds is 4. The molecule has 0 bridgehead atoms. The van der Waals surface area contributed by atoms with Crippen LogP contribution in [0.15, 0.2) is 28.8 Å². The number of aromatic nitrogens is 1. The summed E-state index contributed by atoms with van der Waals surface area (Å²) in [7, 11) is 0. The summed E-state index contributed by atoms with van der Waals surface area (Å²) in [6, 6.07) is 5.57. The number of amides is 1. The quantitative estimate of drug-likeness (QED) is 0.494. The summed E-state index contributed by atoms with van der Waals surface area (Å²) < 4.78 is 4.86. The van der Waals surface area contributed by atoms with E-state index in [0.29, 0.717) is 11.5 Å². The number of benzene rings is 1. The van der Waals surface area contributed by atoms with Crippen LogP contribution in [-0.4, -0.2) is 16.0 Å². The number of hydrogen-bond acceptors (Lipinski definition) is 6. The van der Waals surface area contributed by atoms with Crippen molar-refractivity contribution in [2.45, 2.75) is 13.5 Å². The van der Waals surface area contributed by atoms with Gasteiger partial charge in [-0.1, -0.05) is 5.16 Å². The van der Waals surface area contributed by atoms with E-state index in [-0.39, 0.29) is 23.5 Å². The molecule has 0 saturated heterocycles. The molecule has 0 unspecified atom stereocenters. The summed E-state index contributed by atoms with van der Waals surface area (Å²) in [5.41, 5.74) is 5.91. The van der Waals surface area contributed by atoms with Crippen molar-refractivity contribution in [3.05, 3.63) is 51.4 Å². The minimum atomic E-state index is -0.632. The maximum Gasteiger partial charge on any atom is 0.292 e. The largest absolute Gasteiger partial charge is 0.393 e. The fourth-order valence-corrected chi connectivity index (χ4v) is 1.62. The third kappa shape index (κ3) is 2.91. The third-order valence-corrected chi connectivity index (χ3v) is 2.60. The SMILES string of the molecule is Cc1cc(CNC(=O)c2ccc(N)c([N+](=O)[O-])c2)no1. The Balaban J connectivity index is 2.09. The van der Waals surface area contributed by atoms with Gasteiger partial charge in [-0.15, -0.1) is 0 Å². The first-order valence-electron chi connectivity index (χ1n) is 5.71. The number of anilines is 1. The van der Waals surface area contributed by atoms with Crippen LogP contribution in [0.25, 0.3) is 0 Å². The minimum absolute atomic E-state index is 0.0127. The number of hydrogen-bond donors (Lipinski definition) is 2. The fourth-order valence-electron chi connectivity index (χ4n) is 1.62. The second kappa shape index (κ2) is 5.39. The molecule has 1 heterocycles. The van der Waals surface area contributed by atoms with Crippen LogP contribution in [0.5, 0.6) is 0 Å². The van der Waals surface area contributed by atoms with Crippen LogP contribution in [0.2, 0.25) is 0 Å².